The van der Waals surface area contributed by atoms with Gasteiger partial charge in [0.15, 0.2) is 0 Å². The number of carbonyl (C=O) groups is 1. The van der Waals surface area contributed by atoms with Gasteiger partial charge >= 0.3 is 137 Å². The molecule has 9 heteroatoms. The van der Waals surface area contributed by atoms with E-state index in [1.54, 1.807) is 0 Å². The van der Waals surface area contributed by atoms with Crippen LogP contribution in [0.1, 0.15) is 5.56 Å². The van der Waals surface area contributed by atoms with Crippen molar-refractivity contribution in [2.75, 3.05) is 11.1 Å². The molecule has 0 unspecified atom stereocenters. The molecule has 7 nitrogen and oxygen atoms in total. The van der Waals surface area contributed by atoms with Gasteiger partial charge in [0.05, 0.1) is 0 Å². The molecule has 1 amide bonds. The van der Waals surface area contributed by atoms with E-state index in [2.05, 4.69) is 29.7 Å². The zero-order valence-electron chi connectivity index (χ0n) is 11.6. The molecule has 112 valence electrons. The first-order chi connectivity index (χ1) is 10.7. The van der Waals surface area contributed by atoms with Crippen molar-refractivity contribution in [3.63, 3.8) is 0 Å². The summed E-state index contributed by atoms with van der Waals surface area (Å²) in [6.07, 6.45) is 1.35. The number of aryl methyl sites for hydroxylation is 1. The van der Waals surface area contributed by atoms with Crippen molar-refractivity contribution in [2.45, 2.75) is 10.7 Å². The van der Waals surface area contributed by atoms with E-state index < -0.39 is 0 Å². The predicted molar refractivity (Wildman–Crippen MR) is 84.9 cm³/mol. The van der Waals surface area contributed by atoms with Gasteiger partial charge in [-0.1, -0.05) is 0 Å². The SMILES string of the molecule is Cc1ccc(-c2nn[se]c2SCC(=O)Nc2ncn[nH]2)cc1. The molecule has 0 radical (unpaired) electrons. The quantitative estimate of drug-likeness (QED) is 0.513. The molecule has 2 heterocycles. The molecule has 2 aromatic heterocycles. The monoisotopic (exact) mass is 380 g/mol. The second-order valence-corrected chi connectivity index (χ2v) is 7.60. The summed E-state index contributed by atoms with van der Waals surface area (Å²) in [7, 11) is 0. The van der Waals surface area contributed by atoms with Crippen LogP contribution >= 0.6 is 11.8 Å². The Bertz CT molecular complexity index is 755. The van der Waals surface area contributed by atoms with Gasteiger partial charge < -0.3 is 0 Å². The Kier molecular flexibility index (Phi) is 4.67. The van der Waals surface area contributed by atoms with Gasteiger partial charge in [0.1, 0.15) is 0 Å². The van der Waals surface area contributed by atoms with Crippen LogP contribution in [0.5, 0.6) is 0 Å². The van der Waals surface area contributed by atoms with Gasteiger partial charge in [0, 0.05) is 0 Å². The molecule has 0 aliphatic carbocycles. The van der Waals surface area contributed by atoms with Crippen molar-refractivity contribution < 1.29 is 4.79 Å². The van der Waals surface area contributed by atoms with E-state index in [0.29, 0.717) is 5.95 Å². The van der Waals surface area contributed by atoms with E-state index >= 15 is 0 Å². The third kappa shape index (κ3) is 3.62. The maximum absolute atomic E-state index is 11.9. The zero-order chi connectivity index (χ0) is 15.4. The molecule has 0 fully saturated rings. The molecule has 0 aliphatic heterocycles. The van der Waals surface area contributed by atoms with Crippen molar-refractivity contribution >= 4 is 38.4 Å². The van der Waals surface area contributed by atoms with E-state index in [1.165, 1.54) is 23.7 Å². The van der Waals surface area contributed by atoms with Crippen LogP contribution < -0.4 is 5.32 Å². The number of amides is 1. The number of anilines is 1. The fourth-order valence-corrected chi connectivity index (χ4v) is 4.21. The molecule has 0 saturated carbocycles. The third-order valence-electron chi connectivity index (χ3n) is 2.79. The van der Waals surface area contributed by atoms with Gasteiger partial charge in [-0.05, 0) is 0 Å². The van der Waals surface area contributed by atoms with Gasteiger partial charge in [0.25, 0.3) is 0 Å². The van der Waals surface area contributed by atoms with Gasteiger partial charge in [0.2, 0.25) is 0 Å². The van der Waals surface area contributed by atoms with Crippen LogP contribution in [0.3, 0.4) is 0 Å². The summed E-state index contributed by atoms with van der Waals surface area (Å²) in [5, 5.41) is 13.1. The van der Waals surface area contributed by atoms with Gasteiger partial charge in [-0.3, -0.25) is 0 Å². The van der Waals surface area contributed by atoms with E-state index in [-0.39, 0.29) is 26.4 Å². The van der Waals surface area contributed by atoms with Crippen LogP contribution in [-0.4, -0.2) is 50.8 Å². The summed E-state index contributed by atoms with van der Waals surface area (Å²) in [6, 6.07) is 8.14. The van der Waals surface area contributed by atoms with Crippen LogP contribution in [0.25, 0.3) is 11.3 Å². The number of rotatable bonds is 5. The summed E-state index contributed by atoms with van der Waals surface area (Å²) >= 11 is 1.41. The fourth-order valence-electron chi connectivity index (χ4n) is 1.73. The maximum atomic E-state index is 11.9. The van der Waals surface area contributed by atoms with Crippen LogP contribution in [0.15, 0.2) is 34.4 Å². The Labute approximate surface area is 136 Å². The summed E-state index contributed by atoms with van der Waals surface area (Å²) < 4.78 is 5.19. The Balaban J connectivity index is 1.65. The average molecular weight is 379 g/mol. The van der Waals surface area contributed by atoms with Crippen LogP contribution in [0.4, 0.5) is 5.95 Å². The van der Waals surface area contributed by atoms with E-state index in [0.717, 1.165) is 15.0 Å². The number of H-pyrrole nitrogens is 1. The summed E-state index contributed by atoms with van der Waals surface area (Å²) in [5.74, 6) is 0.503. The van der Waals surface area contributed by atoms with Crippen LogP contribution in [0.2, 0.25) is 0 Å². The summed E-state index contributed by atoms with van der Waals surface area (Å²) in [4.78, 5) is 15.7. The van der Waals surface area contributed by atoms with E-state index in [4.69, 9.17) is 0 Å². The molecule has 0 saturated heterocycles. The topological polar surface area (TPSA) is 96.5 Å². The molecular formula is C13H12N6OSSe. The molecule has 0 spiro atoms. The number of carbonyl (C=O) groups excluding carboxylic acids is 1. The Morgan fingerprint density at radius 3 is 2.91 bits per heavy atom. The molecule has 2 N–H and O–H groups in total. The molecule has 0 atom stereocenters. The number of nitrogens with one attached hydrogen (secondary N) is 2. The number of nitrogens with zero attached hydrogens (tertiary/aromatic N) is 4. The van der Waals surface area contributed by atoms with E-state index in [1.807, 2.05) is 31.2 Å². The molecule has 3 rings (SSSR count). The minimum atomic E-state index is -0.139. The summed E-state index contributed by atoms with van der Waals surface area (Å²) in [6.45, 7) is 2.04. The molecule has 0 bridgehead atoms. The Hall–Kier alpha value is -1.96. The number of benzene rings is 1. The van der Waals surface area contributed by atoms with Gasteiger partial charge in [-0.2, -0.15) is 0 Å². The number of aromatic amines is 1. The number of aromatic nitrogens is 5. The van der Waals surface area contributed by atoms with Crippen molar-refractivity contribution in [3.8, 4) is 11.3 Å². The minimum absolute atomic E-state index is 0.0581. The normalized spacial score (nSPS) is 10.6. The van der Waals surface area contributed by atoms with E-state index in [9.17, 15) is 4.79 Å². The van der Waals surface area contributed by atoms with Crippen LogP contribution in [0, 0.1) is 6.92 Å². The molecule has 0 aliphatic rings. The predicted octanol–water partition coefficient (Wildman–Crippen LogP) is 1.36. The average Bonchev–Trinajstić information content (AvgIpc) is 3.17. The number of thioether (sulfide) groups is 1. The Morgan fingerprint density at radius 2 is 2.18 bits per heavy atom. The standard InChI is InChI=1S/C13H12N6OSSe/c1-8-2-4-9(5-3-8)11-12(22-19-17-11)21-6-10(20)16-13-14-7-15-18-13/h2-5,7H,6H2,1H3,(H2,14,15,16,18,20). The second-order valence-electron chi connectivity index (χ2n) is 4.45. The van der Waals surface area contributed by atoms with Crippen LogP contribution in [-0.2, 0) is 4.79 Å². The first kappa shape index (κ1) is 15.0. The molecule has 1 aromatic carbocycles. The van der Waals surface area contributed by atoms with Crippen molar-refractivity contribution in [1.29, 1.82) is 0 Å². The van der Waals surface area contributed by atoms with Gasteiger partial charge in [-0.15, -0.1) is 0 Å². The van der Waals surface area contributed by atoms with Crippen molar-refractivity contribution in [1.82, 2.24) is 24.4 Å². The first-order valence-corrected chi connectivity index (χ1v) is 9.00. The molecule has 3 aromatic rings. The van der Waals surface area contributed by atoms with Crippen molar-refractivity contribution in [3.05, 3.63) is 36.2 Å². The second kappa shape index (κ2) is 6.87. The van der Waals surface area contributed by atoms with Gasteiger partial charge in [-0.25, -0.2) is 0 Å². The van der Waals surface area contributed by atoms with Crippen molar-refractivity contribution in [2.24, 2.45) is 0 Å². The molecular weight excluding hydrogens is 367 g/mol. The molecule has 22 heavy (non-hydrogen) atoms. The number of hydrogen-bond acceptors (Lipinski definition) is 6. The Morgan fingerprint density at radius 1 is 1.36 bits per heavy atom. The number of hydrogen-bond donors (Lipinski definition) is 2. The first-order valence-electron chi connectivity index (χ1n) is 6.40. The summed E-state index contributed by atoms with van der Waals surface area (Å²) in [5.41, 5.74) is 3.11. The fraction of sp³-hybridized carbons (Fsp3) is 0.154. The third-order valence-corrected chi connectivity index (χ3v) is 5.88. The zero-order valence-corrected chi connectivity index (χ0v) is 14.1.